The zero-order chi connectivity index (χ0) is 19.0. The van der Waals surface area contributed by atoms with Crippen molar-refractivity contribution >= 4 is 11.3 Å². The Kier molecular flexibility index (Phi) is 4.85. The van der Waals surface area contributed by atoms with Crippen molar-refractivity contribution in [3.05, 3.63) is 40.4 Å². The lowest BCUT2D eigenvalue weighted by Crippen LogP contribution is -2.24. The predicted molar refractivity (Wildman–Crippen MR) is 104 cm³/mol. The zero-order valence-corrected chi connectivity index (χ0v) is 16.2. The van der Waals surface area contributed by atoms with Crippen LogP contribution in [0.5, 0.6) is 5.75 Å². The van der Waals surface area contributed by atoms with E-state index < -0.39 is 0 Å². The minimum absolute atomic E-state index is 0.0182. The van der Waals surface area contributed by atoms with Crippen LogP contribution in [-0.2, 0) is 0 Å². The van der Waals surface area contributed by atoms with E-state index in [0.717, 1.165) is 16.9 Å². The minimum Gasteiger partial charge on any atom is -0.496 e. The Labute approximate surface area is 153 Å². The van der Waals surface area contributed by atoms with Crippen molar-refractivity contribution in [1.29, 1.82) is 0 Å². The first-order valence-corrected chi connectivity index (χ1v) is 8.99. The molecule has 0 saturated carbocycles. The third-order valence-electron chi connectivity index (χ3n) is 4.95. The molecule has 0 saturated heterocycles. The van der Waals surface area contributed by atoms with Gasteiger partial charge in [0.25, 0.3) is 0 Å². The standard InChI is InChI=1S/C20H26N4O2/c1-11(2)13(5)24-19-18(23-20(24)25)21-10-16(22-19)15-9-7-8-14(12(3)4)17(15)26-6/h7-13H,1-6H3,(H,21,23,25)/t13-/m0/s1. The molecule has 3 aromatic rings. The number of methoxy groups -OCH3 is 1. The second kappa shape index (κ2) is 6.94. The first-order chi connectivity index (χ1) is 12.3. The maximum Gasteiger partial charge on any atom is 0.329 e. The van der Waals surface area contributed by atoms with E-state index in [1.54, 1.807) is 17.9 Å². The molecule has 138 valence electrons. The lowest BCUT2D eigenvalue weighted by atomic mass is 9.98. The summed E-state index contributed by atoms with van der Waals surface area (Å²) in [6, 6.07) is 6.05. The molecule has 1 N–H and O–H groups in total. The van der Waals surface area contributed by atoms with Crippen LogP contribution in [0, 0.1) is 5.92 Å². The summed E-state index contributed by atoms with van der Waals surface area (Å²) in [5, 5.41) is 0. The number of H-pyrrole nitrogens is 1. The molecular formula is C20H26N4O2. The Bertz CT molecular complexity index is 985. The monoisotopic (exact) mass is 354 g/mol. The van der Waals surface area contributed by atoms with Crippen LogP contribution in [0.1, 0.15) is 52.1 Å². The van der Waals surface area contributed by atoms with Crippen LogP contribution in [0.2, 0.25) is 0 Å². The van der Waals surface area contributed by atoms with E-state index in [0.29, 0.717) is 28.8 Å². The van der Waals surface area contributed by atoms with Crippen molar-refractivity contribution < 1.29 is 4.74 Å². The fourth-order valence-electron chi connectivity index (χ4n) is 3.14. The molecule has 0 amide bonds. The molecule has 0 bridgehead atoms. The molecule has 0 aliphatic heterocycles. The molecule has 0 radical (unpaired) electrons. The maximum atomic E-state index is 12.4. The fraction of sp³-hybridized carbons (Fsp3) is 0.450. The molecule has 6 heteroatoms. The van der Waals surface area contributed by atoms with Gasteiger partial charge in [-0.1, -0.05) is 39.8 Å². The highest BCUT2D eigenvalue weighted by molar-refractivity contribution is 5.75. The van der Waals surface area contributed by atoms with E-state index in [1.165, 1.54) is 0 Å². The van der Waals surface area contributed by atoms with Crippen molar-refractivity contribution in [2.24, 2.45) is 5.92 Å². The number of aromatic nitrogens is 4. The van der Waals surface area contributed by atoms with Crippen LogP contribution < -0.4 is 10.4 Å². The highest BCUT2D eigenvalue weighted by Gasteiger charge is 2.20. The number of nitrogens with one attached hydrogen (secondary N) is 1. The summed E-state index contributed by atoms with van der Waals surface area (Å²) in [7, 11) is 1.67. The highest BCUT2D eigenvalue weighted by Crippen LogP contribution is 2.36. The van der Waals surface area contributed by atoms with Gasteiger partial charge >= 0.3 is 5.69 Å². The van der Waals surface area contributed by atoms with Crippen LogP contribution in [0.3, 0.4) is 0 Å². The number of para-hydroxylation sites is 1. The molecule has 1 atom stereocenters. The van der Waals surface area contributed by atoms with Gasteiger partial charge in [0.05, 0.1) is 19.0 Å². The first kappa shape index (κ1) is 18.2. The van der Waals surface area contributed by atoms with Crippen LogP contribution in [0.25, 0.3) is 22.6 Å². The normalized spacial score (nSPS) is 12.9. The molecular weight excluding hydrogens is 328 g/mol. The zero-order valence-electron chi connectivity index (χ0n) is 16.2. The van der Waals surface area contributed by atoms with Gasteiger partial charge in [0.2, 0.25) is 0 Å². The van der Waals surface area contributed by atoms with Gasteiger partial charge in [0.1, 0.15) is 5.75 Å². The molecule has 0 unspecified atom stereocenters. The summed E-state index contributed by atoms with van der Waals surface area (Å²) in [6.45, 7) is 10.5. The molecule has 0 aliphatic carbocycles. The van der Waals surface area contributed by atoms with Gasteiger partial charge < -0.3 is 4.74 Å². The molecule has 0 aliphatic rings. The second-order valence-corrected chi connectivity index (χ2v) is 7.29. The Balaban J connectivity index is 2.24. The number of fused-ring (bicyclic) bond motifs is 1. The molecule has 3 rings (SSSR count). The molecule has 6 nitrogen and oxygen atoms in total. The van der Waals surface area contributed by atoms with Gasteiger partial charge in [0, 0.05) is 11.6 Å². The third-order valence-corrected chi connectivity index (χ3v) is 4.95. The van der Waals surface area contributed by atoms with E-state index in [9.17, 15) is 4.79 Å². The number of imidazole rings is 1. The van der Waals surface area contributed by atoms with E-state index in [1.807, 2.05) is 19.1 Å². The van der Waals surface area contributed by atoms with E-state index >= 15 is 0 Å². The largest absolute Gasteiger partial charge is 0.496 e. The van der Waals surface area contributed by atoms with Gasteiger partial charge in [-0.15, -0.1) is 0 Å². The third kappa shape index (κ3) is 3.00. The first-order valence-electron chi connectivity index (χ1n) is 8.99. The van der Waals surface area contributed by atoms with Crippen molar-refractivity contribution in [2.45, 2.75) is 46.6 Å². The van der Waals surface area contributed by atoms with Crippen LogP contribution in [0.4, 0.5) is 0 Å². The summed E-state index contributed by atoms with van der Waals surface area (Å²) in [5.41, 5.74) is 3.59. The van der Waals surface area contributed by atoms with Crippen LogP contribution in [-0.4, -0.2) is 26.6 Å². The summed E-state index contributed by atoms with van der Waals surface area (Å²) in [5.74, 6) is 1.43. The molecule has 2 aromatic heterocycles. The van der Waals surface area contributed by atoms with Gasteiger partial charge in [-0.05, 0) is 30.4 Å². The van der Waals surface area contributed by atoms with E-state index in [2.05, 4.69) is 43.7 Å². The Morgan fingerprint density at radius 1 is 1.15 bits per heavy atom. The summed E-state index contributed by atoms with van der Waals surface area (Å²) >= 11 is 0. The Hall–Kier alpha value is -2.63. The van der Waals surface area contributed by atoms with Crippen molar-refractivity contribution in [2.75, 3.05) is 7.11 Å². The van der Waals surface area contributed by atoms with Crippen molar-refractivity contribution in [1.82, 2.24) is 19.5 Å². The number of benzene rings is 1. The Morgan fingerprint density at radius 3 is 2.50 bits per heavy atom. The lowest BCUT2D eigenvalue weighted by Gasteiger charge is -2.17. The smallest absolute Gasteiger partial charge is 0.329 e. The van der Waals surface area contributed by atoms with E-state index in [-0.39, 0.29) is 11.7 Å². The summed E-state index contributed by atoms with van der Waals surface area (Å²) in [6.07, 6.45) is 1.69. The van der Waals surface area contributed by atoms with Gasteiger partial charge in [-0.3, -0.25) is 9.55 Å². The molecule has 0 fully saturated rings. The number of hydrogen-bond donors (Lipinski definition) is 1. The average molecular weight is 354 g/mol. The number of ether oxygens (including phenoxy) is 1. The molecule has 2 heterocycles. The Morgan fingerprint density at radius 2 is 1.88 bits per heavy atom. The molecule has 26 heavy (non-hydrogen) atoms. The van der Waals surface area contributed by atoms with E-state index in [4.69, 9.17) is 9.72 Å². The molecule has 0 spiro atoms. The average Bonchev–Trinajstić information content (AvgIpc) is 2.94. The van der Waals surface area contributed by atoms with Crippen molar-refractivity contribution in [3.8, 4) is 17.0 Å². The quantitative estimate of drug-likeness (QED) is 0.747. The number of nitrogens with zero attached hydrogens (tertiary/aromatic N) is 3. The number of hydrogen-bond acceptors (Lipinski definition) is 4. The highest BCUT2D eigenvalue weighted by atomic mass is 16.5. The predicted octanol–water partition coefficient (Wildman–Crippen LogP) is 4.14. The topological polar surface area (TPSA) is 72.8 Å². The lowest BCUT2D eigenvalue weighted by molar-refractivity contribution is 0.406. The van der Waals surface area contributed by atoms with Gasteiger partial charge in [0.15, 0.2) is 11.3 Å². The number of aromatic amines is 1. The van der Waals surface area contributed by atoms with Gasteiger partial charge in [-0.25, -0.2) is 14.8 Å². The molecule has 1 aromatic carbocycles. The summed E-state index contributed by atoms with van der Waals surface area (Å²) in [4.78, 5) is 24.4. The minimum atomic E-state index is -0.179. The van der Waals surface area contributed by atoms with Crippen molar-refractivity contribution in [3.63, 3.8) is 0 Å². The van der Waals surface area contributed by atoms with Crippen LogP contribution >= 0.6 is 0 Å². The number of rotatable bonds is 5. The maximum absolute atomic E-state index is 12.4. The summed E-state index contributed by atoms with van der Waals surface area (Å²) < 4.78 is 7.37. The fourth-order valence-corrected chi connectivity index (χ4v) is 3.14. The van der Waals surface area contributed by atoms with Crippen LogP contribution in [0.15, 0.2) is 29.2 Å². The SMILES string of the molecule is COc1c(-c2cnc3[nH]c(=O)n([C@@H](C)C(C)C)c3n2)cccc1C(C)C. The second-order valence-electron chi connectivity index (χ2n) is 7.29. The van der Waals surface area contributed by atoms with Gasteiger partial charge in [-0.2, -0.15) is 0 Å².